The first-order chi connectivity index (χ1) is 5.83. The molecule has 12 heavy (non-hydrogen) atoms. The minimum absolute atomic E-state index is 0.679. The molecule has 0 aliphatic rings. The van der Waals surface area contributed by atoms with Crippen molar-refractivity contribution in [2.75, 3.05) is 0 Å². The molecule has 0 unspecified atom stereocenters. The maximum Gasteiger partial charge on any atom is 0.101 e. The molecule has 1 aromatic carbocycles. The average Bonchev–Trinajstić information content (AvgIpc) is 2.48. The topological polar surface area (TPSA) is 39.6 Å². The zero-order valence-electron chi connectivity index (χ0n) is 6.13. The number of para-hydroxylation sites is 1. The minimum Gasteiger partial charge on any atom is -0.359 e. The Morgan fingerprint density at radius 3 is 3.00 bits per heavy atom. The van der Waals surface area contributed by atoms with E-state index in [0.717, 1.165) is 15.4 Å². The van der Waals surface area contributed by atoms with Gasteiger partial charge in [0.2, 0.25) is 0 Å². The lowest BCUT2D eigenvalue weighted by atomic mass is 10.2. The fraction of sp³-hybridized carbons (Fsp3) is 0. The van der Waals surface area contributed by atoms with Crippen LogP contribution in [0.15, 0.2) is 28.9 Å². The molecule has 2 rings (SSSR count). The van der Waals surface area contributed by atoms with Gasteiger partial charge in [-0.15, -0.1) is 0 Å². The number of hydrogen-bond acceptors (Lipinski definition) is 1. The first kappa shape index (κ1) is 7.38. The molecule has 2 aromatic rings. The molecule has 0 bridgehead atoms. The van der Waals surface area contributed by atoms with Gasteiger partial charge in [0.1, 0.15) is 6.07 Å². The van der Waals surface area contributed by atoms with Crippen LogP contribution in [0, 0.1) is 11.3 Å². The second kappa shape index (κ2) is 2.65. The number of nitriles is 1. The lowest BCUT2D eigenvalue weighted by Crippen LogP contribution is -1.75. The molecule has 2 nitrogen and oxygen atoms in total. The molecule has 0 saturated carbocycles. The SMILES string of the molecule is N#Cc1cccc2c(Br)c[nH]c12. The predicted octanol–water partition coefficient (Wildman–Crippen LogP) is 2.80. The molecule has 0 atom stereocenters. The lowest BCUT2D eigenvalue weighted by molar-refractivity contribution is 1.44. The Morgan fingerprint density at radius 2 is 2.25 bits per heavy atom. The minimum atomic E-state index is 0.679. The molecule has 3 heteroatoms. The second-order valence-electron chi connectivity index (χ2n) is 2.48. The van der Waals surface area contributed by atoms with Crippen LogP contribution in [-0.4, -0.2) is 4.98 Å². The van der Waals surface area contributed by atoms with E-state index in [-0.39, 0.29) is 0 Å². The molecule has 0 spiro atoms. The van der Waals surface area contributed by atoms with Gasteiger partial charge < -0.3 is 4.98 Å². The quantitative estimate of drug-likeness (QED) is 0.729. The molecule has 1 N–H and O–H groups in total. The van der Waals surface area contributed by atoms with Crippen molar-refractivity contribution >= 4 is 26.8 Å². The van der Waals surface area contributed by atoms with Gasteiger partial charge in [0.15, 0.2) is 0 Å². The Balaban J connectivity index is 2.92. The monoisotopic (exact) mass is 220 g/mol. The summed E-state index contributed by atoms with van der Waals surface area (Å²) < 4.78 is 0.995. The smallest absolute Gasteiger partial charge is 0.101 e. The van der Waals surface area contributed by atoms with E-state index in [1.807, 2.05) is 18.3 Å². The van der Waals surface area contributed by atoms with Gasteiger partial charge in [-0.3, -0.25) is 0 Å². The summed E-state index contributed by atoms with van der Waals surface area (Å²) in [5, 5.41) is 9.81. The second-order valence-corrected chi connectivity index (χ2v) is 3.33. The van der Waals surface area contributed by atoms with Gasteiger partial charge in [-0.25, -0.2) is 0 Å². The summed E-state index contributed by atoms with van der Waals surface area (Å²) in [4.78, 5) is 3.04. The molecule has 0 fully saturated rings. The Morgan fingerprint density at radius 1 is 1.42 bits per heavy atom. The van der Waals surface area contributed by atoms with Crippen molar-refractivity contribution in [3.63, 3.8) is 0 Å². The highest BCUT2D eigenvalue weighted by molar-refractivity contribution is 9.10. The van der Waals surface area contributed by atoms with Crippen molar-refractivity contribution in [1.29, 1.82) is 5.26 Å². The lowest BCUT2D eigenvalue weighted by Gasteiger charge is -1.91. The molecule has 1 aromatic heterocycles. The number of nitrogens with one attached hydrogen (secondary N) is 1. The predicted molar refractivity (Wildman–Crippen MR) is 50.7 cm³/mol. The largest absolute Gasteiger partial charge is 0.359 e. The Bertz CT molecular complexity index is 465. The van der Waals surface area contributed by atoms with E-state index in [2.05, 4.69) is 27.0 Å². The van der Waals surface area contributed by atoms with Crippen molar-refractivity contribution in [3.05, 3.63) is 34.4 Å². The van der Waals surface area contributed by atoms with Crippen LogP contribution in [0.5, 0.6) is 0 Å². The van der Waals surface area contributed by atoms with Crippen LogP contribution >= 0.6 is 15.9 Å². The fourth-order valence-corrected chi connectivity index (χ4v) is 1.66. The number of aromatic nitrogens is 1. The Labute approximate surface area is 77.9 Å². The fourth-order valence-electron chi connectivity index (χ4n) is 1.21. The van der Waals surface area contributed by atoms with Crippen LogP contribution in [0.3, 0.4) is 0 Å². The van der Waals surface area contributed by atoms with E-state index in [9.17, 15) is 0 Å². The molecule has 0 aliphatic carbocycles. The van der Waals surface area contributed by atoms with E-state index < -0.39 is 0 Å². The standard InChI is InChI=1S/C9H5BrN2/c10-8-5-12-9-6(4-11)2-1-3-7(8)9/h1-3,5,12H. The highest BCUT2D eigenvalue weighted by Crippen LogP contribution is 2.25. The Kier molecular flexibility index (Phi) is 1.63. The van der Waals surface area contributed by atoms with Crippen LogP contribution in [0.2, 0.25) is 0 Å². The van der Waals surface area contributed by atoms with Crippen LogP contribution in [0.25, 0.3) is 10.9 Å². The third-order valence-electron chi connectivity index (χ3n) is 1.79. The normalized spacial score (nSPS) is 10.0. The summed E-state index contributed by atoms with van der Waals surface area (Å²) in [6, 6.07) is 7.77. The zero-order valence-corrected chi connectivity index (χ0v) is 7.72. The van der Waals surface area contributed by atoms with Crippen LogP contribution in [0.4, 0.5) is 0 Å². The number of benzene rings is 1. The van der Waals surface area contributed by atoms with E-state index in [0.29, 0.717) is 5.56 Å². The van der Waals surface area contributed by atoms with Crippen molar-refractivity contribution in [2.24, 2.45) is 0 Å². The Hall–Kier alpha value is -1.27. The molecule has 0 radical (unpaired) electrons. The number of hydrogen-bond donors (Lipinski definition) is 1. The number of halogens is 1. The molecule has 0 amide bonds. The number of fused-ring (bicyclic) bond motifs is 1. The van der Waals surface area contributed by atoms with E-state index in [1.54, 1.807) is 6.07 Å². The van der Waals surface area contributed by atoms with Gasteiger partial charge >= 0.3 is 0 Å². The van der Waals surface area contributed by atoms with Gasteiger partial charge in [0.05, 0.1) is 11.1 Å². The molecule has 0 aliphatic heterocycles. The zero-order chi connectivity index (χ0) is 8.55. The summed E-state index contributed by atoms with van der Waals surface area (Å²) in [6.07, 6.45) is 1.84. The average molecular weight is 221 g/mol. The van der Waals surface area contributed by atoms with Crippen LogP contribution < -0.4 is 0 Å². The van der Waals surface area contributed by atoms with E-state index in [1.165, 1.54) is 0 Å². The number of rotatable bonds is 0. The number of nitrogens with zero attached hydrogens (tertiary/aromatic N) is 1. The van der Waals surface area contributed by atoms with E-state index >= 15 is 0 Å². The summed E-state index contributed by atoms with van der Waals surface area (Å²) in [5.41, 5.74) is 1.57. The summed E-state index contributed by atoms with van der Waals surface area (Å²) >= 11 is 3.39. The summed E-state index contributed by atoms with van der Waals surface area (Å²) in [7, 11) is 0. The van der Waals surface area contributed by atoms with Crippen molar-refractivity contribution in [1.82, 2.24) is 4.98 Å². The third kappa shape index (κ3) is 0.926. The number of aromatic amines is 1. The van der Waals surface area contributed by atoms with Crippen molar-refractivity contribution < 1.29 is 0 Å². The molecule has 1 heterocycles. The molecular weight excluding hydrogens is 216 g/mol. The van der Waals surface area contributed by atoms with Crippen LogP contribution in [0.1, 0.15) is 5.56 Å². The van der Waals surface area contributed by atoms with E-state index in [4.69, 9.17) is 5.26 Å². The molecular formula is C9H5BrN2. The molecule has 58 valence electrons. The third-order valence-corrected chi connectivity index (χ3v) is 2.44. The van der Waals surface area contributed by atoms with Gasteiger partial charge in [-0.05, 0) is 22.0 Å². The van der Waals surface area contributed by atoms with Crippen molar-refractivity contribution in [3.8, 4) is 6.07 Å². The maximum atomic E-state index is 8.76. The van der Waals surface area contributed by atoms with Gasteiger partial charge in [0, 0.05) is 16.1 Å². The molecule has 0 saturated heterocycles. The first-order valence-corrected chi connectivity index (χ1v) is 4.28. The van der Waals surface area contributed by atoms with Gasteiger partial charge in [-0.2, -0.15) is 5.26 Å². The summed E-state index contributed by atoms with van der Waals surface area (Å²) in [5.74, 6) is 0. The first-order valence-electron chi connectivity index (χ1n) is 3.48. The summed E-state index contributed by atoms with van der Waals surface area (Å²) in [6.45, 7) is 0. The van der Waals surface area contributed by atoms with Crippen LogP contribution in [-0.2, 0) is 0 Å². The highest BCUT2D eigenvalue weighted by Gasteiger charge is 2.03. The van der Waals surface area contributed by atoms with Gasteiger partial charge in [-0.1, -0.05) is 12.1 Å². The van der Waals surface area contributed by atoms with Gasteiger partial charge in [0.25, 0.3) is 0 Å². The van der Waals surface area contributed by atoms with Crippen molar-refractivity contribution in [2.45, 2.75) is 0 Å². The maximum absolute atomic E-state index is 8.76. The number of H-pyrrole nitrogens is 1. The highest BCUT2D eigenvalue weighted by atomic mass is 79.9.